The van der Waals surface area contributed by atoms with Gasteiger partial charge >= 0.3 is 0 Å². The number of nitrogens with one attached hydrogen (secondary N) is 2. The molecule has 0 saturated carbocycles. The molecule has 5 nitrogen and oxygen atoms in total. The number of amides is 1. The highest BCUT2D eigenvalue weighted by atomic mass is 35.5. The first-order chi connectivity index (χ1) is 9.72. The summed E-state index contributed by atoms with van der Waals surface area (Å²) in [4.78, 5) is 16.2. The van der Waals surface area contributed by atoms with E-state index >= 15 is 0 Å². The monoisotopic (exact) mass is 289 g/mol. The number of benzene rings is 1. The number of para-hydroxylation sites is 2. The summed E-state index contributed by atoms with van der Waals surface area (Å²) in [5.41, 5.74) is 0.887. The minimum absolute atomic E-state index is 0.262. The maximum atomic E-state index is 12.1. The Morgan fingerprint density at radius 2 is 2.25 bits per heavy atom. The molecule has 1 aromatic heterocycles. The van der Waals surface area contributed by atoms with E-state index in [1.54, 1.807) is 12.1 Å². The number of hydrogen-bond donors (Lipinski definition) is 2. The van der Waals surface area contributed by atoms with E-state index in [2.05, 4.69) is 15.6 Å². The van der Waals surface area contributed by atoms with Crippen molar-refractivity contribution < 1.29 is 9.53 Å². The molecule has 1 aliphatic heterocycles. The molecule has 1 atom stereocenters. The van der Waals surface area contributed by atoms with E-state index in [1.807, 2.05) is 24.3 Å². The van der Waals surface area contributed by atoms with Crippen LogP contribution in [0.25, 0.3) is 0 Å². The SMILES string of the molecule is O=C(Nc1cc(Cl)ccn1)C1CNc2ccccc2O1. The highest BCUT2D eigenvalue weighted by Gasteiger charge is 2.25. The van der Waals surface area contributed by atoms with E-state index in [9.17, 15) is 4.79 Å². The molecule has 2 N–H and O–H groups in total. The Morgan fingerprint density at radius 1 is 1.40 bits per heavy atom. The standard InChI is InChI=1S/C14H12ClN3O2/c15-9-5-6-16-13(7-9)18-14(19)12-8-17-10-3-1-2-4-11(10)20-12/h1-7,12,17H,8H2,(H,16,18,19). The molecular weight excluding hydrogens is 278 g/mol. The van der Waals surface area contributed by atoms with Crippen molar-refractivity contribution in [2.75, 3.05) is 17.2 Å². The lowest BCUT2D eigenvalue weighted by molar-refractivity contribution is -0.122. The van der Waals surface area contributed by atoms with Crippen molar-refractivity contribution in [3.8, 4) is 5.75 Å². The zero-order chi connectivity index (χ0) is 13.9. The maximum absolute atomic E-state index is 12.1. The number of ether oxygens (including phenoxy) is 1. The number of aromatic nitrogens is 1. The van der Waals surface area contributed by atoms with Crippen LogP contribution in [0.2, 0.25) is 5.02 Å². The Labute approximate surface area is 120 Å². The molecule has 1 aliphatic rings. The molecule has 0 bridgehead atoms. The first-order valence-corrected chi connectivity index (χ1v) is 6.52. The molecule has 0 saturated heterocycles. The number of carbonyl (C=O) groups is 1. The molecule has 2 heterocycles. The first kappa shape index (κ1) is 12.7. The maximum Gasteiger partial charge on any atom is 0.268 e. The average Bonchev–Trinajstić information content (AvgIpc) is 2.47. The number of carbonyl (C=O) groups excluding carboxylic acids is 1. The predicted molar refractivity (Wildman–Crippen MR) is 77.2 cm³/mol. The fraction of sp³-hybridized carbons (Fsp3) is 0.143. The van der Waals surface area contributed by atoms with Gasteiger partial charge < -0.3 is 15.4 Å². The lowest BCUT2D eigenvalue weighted by Crippen LogP contribution is -2.41. The quantitative estimate of drug-likeness (QED) is 0.892. The van der Waals surface area contributed by atoms with Crippen LogP contribution in [0, 0.1) is 0 Å². The second kappa shape index (κ2) is 5.38. The summed E-state index contributed by atoms with van der Waals surface area (Å²) in [6.07, 6.45) is 0.929. The number of fused-ring (bicyclic) bond motifs is 1. The van der Waals surface area contributed by atoms with Gasteiger partial charge in [-0.25, -0.2) is 4.98 Å². The van der Waals surface area contributed by atoms with Gasteiger partial charge in [-0.3, -0.25) is 4.79 Å². The molecule has 3 rings (SSSR count). The molecule has 0 spiro atoms. The molecule has 102 valence electrons. The van der Waals surface area contributed by atoms with Gasteiger partial charge in [-0.2, -0.15) is 0 Å². The van der Waals surface area contributed by atoms with E-state index in [0.29, 0.717) is 23.1 Å². The van der Waals surface area contributed by atoms with Crippen molar-refractivity contribution in [3.63, 3.8) is 0 Å². The molecule has 1 amide bonds. The number of pyridine rings is 1. The van der Waals surface area contributed by atoms with Crippen molar-refractivity contribution in [1.29, 1.82) is 0 Å². The van der Waals surface area contributed by atoms with E-state index in [4.69, 9.17) is 16.3 Å². The van der Waals surface area contributed by atoms with Crippen LogP contribution in [0.3, 0.4) is 0 Å². The molecule has 6 heteroatoms. The second-order valence-corrected chi connectivity index (χ2v) is 4.77. The lowest BCUT2D eigenvalue weighted by atomic mass is 10.2. The fourth-order valence-electron chi connectivity index (χ4n) is 1.94. The van der Waals surface area contributed by atoms with Gasteiger partial charge in [0.25, 0.3) is 5.91 Å². The fourth-order valence-corrected chi connectivity index (χ4v) is 2.10. The summed E-state index contributed by atoms with van der Waals surface area (Å²) in [5.74, 6) is 0.810. The van der Waals surface area contributed by atoms with Crippen molar-refractivity contribution >= 4 is 29.0 Å². The Bertz CT molecular complexity index is 648. The Balaban J connectivity index is 1.70. The Morgan fingerprint density at radius 3 is 3.10 bits per heavy atom. The van der Waals surface area contributed by atoms with Gasteiger partial charge in [0.05, 0.1) is 12.2 Å². The van der Waals surface area contributed by atoms with Crippen LogP contribution in [-0.4, -0.2) is 23.5 Å². The van der Waals surface area contributed by atoms with E-state index < -0.39 is 6.10 Å². The van der Waals surface area contributed by atoms with Gasteiger partial charge in [-0.1, -0.05) is 23.7 Å². The highest BCUT2D eigenvalue weighted by molar-refractivity contribution is 6.30. The Kier molecular flexibility index (Phi) is 3.43. The first-order valence-electron chi connectivity index (χ1n) is 6.14. The van der Waals surface area contributed by atoms with E-state index in [-0.39, 0.29) is 5.91 Å². The van der Waals surface area contributed by atoms with Gasteiger partial charge in [-0.15, -0.1) is 0 Å². The average molecular weight is 290 g/mol. The second-order valence-electron chi connectivity index (χ2n) is 4.33. The van der Waals surface area contributed by atoms with Crippen LogP contribution >= 0.6 is 11.6 Å². The Hall–Kier alpha value is -2.27. The molecule has 0 radical (unpaired) electrons. The zero-order valence-electron chi connectivity index (χ0n) is 10.5. The molecular formula is C14H12ClN3O2. The van der Waals surface area contributed by atoms with Crippen molar-refractivity contribution in [2.24, 2.45) is 0 Å². The number of rotatable bonds is 2. The van der Waals surface area contributed by atoms with Gasteiger partial charge in [0.15, 0.2) is 6.10 Å². The molecule has 1 unspecified atom stereocenters. The van der Waals surface area contributed by atoms with Gasteiger partial charge in [0.1, 0.15) is 11.6 Å². The molecule has 2 aromatic rings. The van der Waals surface area contributed by atoms with Crippen LogP contribution < -0.4 is 15.4 Å². The van der Waals surface area contributed by atoms with Crippen LogP contribution in [0.15, 0.2) is 42.6 Å². The zero-order valence-corrected chi connectivity index (χ0v) is 11.2. The minimum atomic E-state index is -0.606. The van der Waals surface area contributed by atoms with E-state index in [0.717, 1.165) is 5.69 Å². The van der Waals surface area contributed by atoms with E-state index in [1.165, 1.54) is 6.20 Å². The van der Waals surface area contributed by atoms with Gasteiger partial charge in [0, 0.05) is 11.2 Å². The summed E-state index contributed by atoms with van der Waals surface area (Å²) in [5, 5.41) is 6.36. The molecule has 0 aliphatic carbocycles. The summed E-state index contributed by atoms with van der Waals surface area (Å²) < 4.78 is 5.66. The normalized spacial score (nSPS) is 16.6. The molecule has 20 heavy (non-hydrogen) atoms. The lowest BCUT2D eigenvalue weighted by Gasteiger charge is -2.26. The minimum Gasteiger partial charge on any atom is -0.477 e. The topological polar surface area (TPSA) is 63.2 Å². The smallest absolute Gasteiger partial charge is 0.268 e. The summed E-state index contributed by atoms with van der Waals surface area (Å²) in [7, 11) is 0. The third-order valence-corrected chi connectivity index (χ3v) is 3.13. The largest absolute Gasteiger partial charge is 0.477 e. The van der Waals surface area contributed by atoms with Gasteiger partial charge in [-0.05, 0) is 24.3 Å². The molecule has 0 fully saturated rings. The molecule has 1 aromatic carbocycles. The van der Waals surface area contributed by atoms with Crippen LogP contribution in [0.5, 0.6) is 5.75 Å². The predicted octanol–water partition coefficient (Wildman–Crippen LogP) is 2.55. The van der Waals surface area contributed by atoms with Crippen LogP contribution in [0.4, 0.5) is 11.5 Å². The third-order valence-electron chi connectivity index (χ3n) is 2.90. The van der Waals surface area contributed by atoms with Gasteiger partial charge in [0.2, 0.25) is 0 Å². The summed E-state index contributed by atoms with van der Waals surface area (Å²) >= 11 is 5.85. The van der Waals surface area contributed by atoms with Crippen LogP contribution in [-0.2, 0) is 4.79 Å². The van der Waals surface area contributed by atoms with Crippen molar-refractivity contribution in [3.05, 3.63) is 47.6 Å². The van der Waals surface area contributed by atoms with Crippen molar-refractivity contribution in [1.82, 2.24) is 4.98 Å². The van der Waals surface area contributed by atoms with Crippen molar-refractivity contribution in [2.45, 2.75) is 6.10 Å². The number of nitrogens with zero attached hydrogens (tertiary/aromatic N) is 1. The summed E-state index contributed by atoms with van der Waals surface area (Å²) in [6, 6.07) is 10.7. The van der Waals surface area contributed by atoms with Crippen LogP contribution in [0.1, 0.15) is 0 Å². The number of halogens is 1. The number of anilines is 2. The third kappa shape index (κ3) is 2.67. The number of hydrogen-bond acceptors (Lipinski definition) is 4. The highest BCUT2D eigenvalue weighted by Crippen LogP contribution is 2.28. The summed E-state index contributed by atoms with van der Waals surface area (Å²) in [6.45, 7) is 0.406.